The van der Waals surface area contributed by atoms with Crippen LogP contribution >= 0.6 is 0 Å². The third kappa shape index (κ3) is 3.67. The van der Waals surface area contributed by atoms with E-state index in [0.717, 1.165) is 64.0 Å². The Hall–Kier alpha value is -1.72. The van der Waals surface area contributed by atoms with Crippen molar-refractivity contribution in [3.05, 3.63) is 47.8 Å². The van der Waals surface area contributed by atoms with Gasteiger partial charge in [-0.3, -0.25) is 9.69 Å². The number of carbonyl (C=O) groups is 1. The number of likely N-dealkylation sites (N-methyl/N-ethyl adjacent to an activating group) is 1. The summed E-state index contributed by atoms with van der Waals surface area (Å²) in [7, 11) is 2.12. The summed E-state index contributed by atoms with van der Waals surface area (Å²) in [4.78, 5) is 20.4. The number of hydrogen-bond donors (Lipinski definition) is 0. The largest absolute Gasteiger partial charge is 0.340 e. The molecule has 0 radical (unpaired) electrons. The quantitative estimate of drug-likeness (QED) is 0.765. The second kappa shape index (κ2) is 7.72. The van der Waals surface area contributed by atoms with Crippen LogP contribution in [0.4, 0.5) is 4.39 Å². The molecule has 27 heavy (non-hydrogen) atoms. The lowest BCUT2D eigenvalue weighted by atomic mass is 9.77. The molecule has 1 saturated carbocycles. The lowest BCUT2D eigenvalue weighted by Crippen LogP contribution is -2.56. The van der Waals surface area contributed by atoms with Crippen LogP contribution in [0.2, 0.25) is 0 Å². The van der Waals surface area contributed by atoms with Crippen molar-refractivity contribution in [2.75, 3.05) is 39.8 Å². The minimum Gasteiger partial charge on any atom is -0.340 e. The molecule has 0 spiro atoms. The van der Waals surface area contributed by atoms with Gasteiger partial charge in [-0.15, -0.1) is 0 Å². The molecule has 1 saturated heterocycles. The SMILES string of the molecule is CN1CCN(C(=O)[C@@]23CC=CCN(Cc4cccc(F)c4)[C@@H]2CCC3)CC1. The molecule has 0 bridgehead atoms. The van der Waals surface area contributed by atoms with Gasteiger partial charge < -0.3 is 9.80 Å². The number of hydrogen-bond acceptors (Lipinski definition) is 3. The predicted octanol–water partition coefficient (Wildman–Crippen LogP) is 2.90. The first kappa shape index (κ1) is 18.6. The van der Waals surface area contributed by atoms with E-state index in [2.05, 4.69) is 33.9 Å². The Kier molecular flexibility index (Phi) is 5.33. The molecule has 146 valence electrons. The van der Waals surface area contributed by atoms with Crippen molar-refractivity contribution in [2.45, 2.75) is 38.3 Å². The van der Waals surface area contributed by atoms with Crippen LogP contribution in [0.3, 0.4) is 0 Å². The van der Waals surface area contributed by atoms with Crippen LogP contribution in [0.25, 0.3) is 0 Å². The van der Waals surface area contributed by atoms with Crippen LogP contribution in [0.5, 0.6) is 0 Å². The number of benzene rings is 1. The van der Waals surface area contributed by atoms with E-state index >= 15 is 0 Å². The maximum atomic E-state index is 13.7. The molecule has 0 aromatic heterocycles. The highest BCUT2D eigenvalue weighted by molar-refractivity contribution is 5.84. The summed E-state index contributed by atoms with van der Waals surface area (Å²) in [6.45, 7) is 5.10. The summed E-state index contributed by atoms with van der Waals surface area (Å²) >= 11 is 0. The molecule has 4 nitrogen and oxygen atoms in total. The van der Waals surface area contributed by atoms with E-state index < -0.39 is 0 Å². The molecule has 1 amide bonds. The van der Waals surface area contributed by atoms with E-state index in [1.807, 2.05) is 6.07 Å². The molecule has 2 atom stereocenters. The average Bonchev–Trinajstić information content (AvgIpc) is 3.02. The summed E-state index contributed by atoms with van der Waals surface area (Å²) in [6, 6.07) is 7.10. The van der Waals surface area contributed by atoms with E-state index in [0.29, 0.717) is 12.5 Å². The molecule has 0 N–H and O–H groups in total. The van der Waals surface area contributed by atoms with Crippen LogP contribution in [-0.4, -0.2) is 66.4 Å². The minimum atomic E-state index is -0.309. The van der Waals surface area contributed by atoms with Crippen molar-refractivity contribution in [3.8, 4) is 0 Å². The van der Waals surface area contributed by atoms with Crippen molar-refractivity contribution in [1.29, 1.82) is 0 Å². The van der Waals surface area contributed by atoms with E-state index in [9.17, 15) is 9.18 Å². The summed E-state index contributed by atoms with van der Waals surface area (Å²) in [5.41, 5.74) is 0.675. The highest BCUT2D eigenvalue weighted by Crippen LogP contribution is 2.47. The van der Waals surface area contributed by atoms with E-state index in [4.69, 9.17) is 0 Å². The van der Waals surface area contributed by atoms with Gasteiger partial charge in [-0.1, -0.05) is 30.7 Å². The van der Waals surface area contributed by atoms with Crippen molar-refractivity contribution >= 4 is 5.91 Å². The van der Waals surface area contributed by atoms with Crippen molar-refractivity contribution in [2.24, 2.45) is 5.41 Å². The molecule has 3 aliphatic rings. The number of rotatable bonds is 3. The summed E-state index contributed by atoms with van der Waals surface area (Å²) in [5, 5.41) is 0. The minimum absolute atomic E-state index is 0.191. The third-order valence-electron chi connectivity index (χ3n) is 6.66. The molecule has 5 heteroatoms. The highest BCUT2D eigenvalue weighted by atomic mass is 19.1. The fourth-order valence-electron chi connectivity index (χ4n) is 5.16. The first-order chi connectivity index (χ1) is 13.1. The number of halogens is 1. The van der Waals surface area contributed by atoms with Crippen molar-refractivity contribution < 1.29 is 9.18 Å². The average molecular weight is 372 g/mol. The molecular formula is C22H30FN3O. The first-order valence-electron chi connectivity index (χ1n) is 10.2. The normalized spacial score (nSPS) is 29.6. The number of carbonyl (C=O) groups excluding carboxylic acids is 1. The monoisotopic (exact) mass is 371 g/mol. The Morgan fingerprint density at radius 3 is 2.81 bits per heavy atom. The van der Waals surface area contributed by atoms with Crippen molar-refractivity contribution in [1.82, 2.24) is 14.7 Å². The number of nitrogens with zero attached hydrogens (tertiary/aromatic N) is 3. The van der Waals surface area contributed by atoms with Crippen LogP contribution < -0.4 is 0 Å². The standard InChI is InChI=1S/C22H30FN3O/c1-24-12-14-25(15-13-24)21(27)22-9-2-3-11-26(20(22)8-5-10-22)17-18-6-4-7-19(23)16-18/h2-4,6-7,16,20H,5,8-15,17H2,1H3/t20-,22-/m1/s1. The van der Waals surface area contributed by atoms with Gasteiger partial charge in [0.15, 0.2) is 0 Å². The predicted molar refractivity (Wildman–Crippen MR) is 105 cm³/mol. The second-order valence-electron chi connectivity index (χ2n) is 8.39. The number of amides is 1. The Balaban J connectivity index is 1.57. The maximum absolute atomic E-state index is 13.7. The number of allylic oxidation sites excluding steroid dienone is 1. The lowest BCUT2D eigenvalue weighted by molar-refractivity contribution is -0.146. The number of piperazine rings is 1. The fourth-order valence-corrected chi connectivity index (χ4v) is 5.16. The lowest BCUT2D eigenvalue weighted by Gasteiger charge is -2.43. The van der Waals surface area contributed by atoms with Gasteiger partial charge in [0.1, 0.15) is 5.82 Å². The molecule has 2 heterocycles. The van der Waals surface area contributed by atoms with E-state index in [1.54, 1.807) is 12.1 Å². The molecule has 1 aliphatic carbocycles. The third-order valence-corrected chi connectivity index (χ3v) is 6.66. The zero-order valence-electron chi connectivity index (χ0n) is 16.2. The molecule has 0 unspecified atom stereocenters. The highest BCUT2D eigenvalue weighted by Gasteiger charge is 2.52. The molecular weight excluding hydrogens is 341 g/mol. The van der Waals surface area contributed by atoms with Crippen LogP contribution in [0, 0.1) is 11.2 Å². The van der Waals surface area contributed by atoms with Gasteiger partial charge in [0.25, 0.3) is 0 Å². The Labute approximate surface area is 161 Å². The first-order valence-corrected chi connectivity index (χ1v) is 10.2. The van der Waals surface area contributed by atoms with Gasteiger partial charge in [0.2, 0.25) is 5.91 Å². The summed E-state index contributed by atoms with van der Waals surface area (Å²) in [6.07, 6.45) is 8.35. The summed E-state index contributed by atoms with van der Waals surface area (Å²) < 4.78 is 13.7. The second-order valence-corrected chi connectivity index (χ2v) is 8.39. The fraction of sp³-hybridized carbons (Fsp3) is 0.591. The molecule has 4 rings (SSSR count). The Morgan fingerprint density at radius 2 is 2.04 bits per heavy atom. The zero-order chi connectivity index (χ0) is 18.9. The van der Waals surface area contributed by atoms with Gasteiger partial charge in [-0.25, -0.2) is 4.39 Å². The molecule has 2 fully saturated rings. The number of fused-ring (bicyclic) bond motifs is 1. The van der Waals surface area contributed by atoms with Crippen molar-refractivity contribution in [3.63, 3.8) is 0 Å². The smallest absolute Gasteiger partial charge is 0.230 e. The van der Waals surface area contributed by atoms with Gasteiger partial charge in [-0.2, -0.15) is 0 Å². The van der Waals surface area contributed by atoms with Gasteiger partial charge in [0, 0.05) is 45.3 Å². The topological polar surface area (TPSA) is 26.8 Å². The van der Waals surface area contributed by atoms with Gasteiger partial charge >= 0.3 is 0 Å². The Bertz CT molecular complexity index is 713. The molecule has 2 aliphatic heterocycles. The van der Waals surface area contributed by atoms with Crippen LogP contribution in [0.15, 0.2) is 36.4 Å². The summed E-state index contributed by atoms with van der Waals surface area (Å²) in [5.74, 6) is 0.151. The van der Waals surface area contributed by atoms with Gasteiger partial charge in [0.05, 0.1) is 5.41 Å². The molecule has 1 aromatic rings. The molecule has 1 aromatic carbocycles. The van der Waals surface area contributed by atoms with Crippen LogP contribution in [0.1, 0.15) is 31.2 Å². The van der Waals surface area contributed by atoms with Gasteiger partial charge in [-0.05, 0) is 44.0 Å². The zero-order valence-corrected chi connectivity index (χ0v) is 16.2. The Morgan fingerprint density at radius 1 is 1.22 bits per heavy atom. The van der Waals surface area contributed by atoms with E-state index in [1.165, 1.54) is 6.07 Å². The van der Waals surface area contributed by atoms with Crippen LogP contribution in [-0.2, 0) is 11.3 Å². The van der Waals surface area contributed by atoms with E-state index in [-0.39, 0.29) is 17.3 Å². The maximum Gasteiger partial charge on any atom is 0.230 e.